The van der Waals surface area contributed by atoms with Gasteiger partial charge in [0.1, 0.15) is 5.75 Å². The highest BCUT2D eigenvalue weighted by atomic mass is 32.1. The highest BCUT2D eigenvalue weighted by molar-refractivity contribution is 7.11. The maximum Gasteiger partial charge on any atom is 0.365 e. The van der Waals surface area contributed by atoms with Crippen LogP contribution in [0.3, 0.4) is 0 Å². The normalized spacial score (nSPS) is 10.4. The van der Waals surface area contributed by atoms with Crippen LogP contribution in [0.2, 0.25) is 0 Å². The van der Waals surface area contributed by atoms with Crippen molar-refractivity contribution in [3.05, 3.63) is 45.9 Å². The third kappa shape index (κ3) is 3.52. The molecule has 0 saturated heterocycles. The molecule has 2 rings (SSSR count). The fraction of sp³-hybridized carbons (Fsp3) is 0.231. The van der Waals surface area contributed by atoms with Crippen molar-refractivity contribution in [1.29, 1.82) is 0 Å². The largest absolute Gasteiger partial charge is 0.496 e. The SMILES string of the molecule is COc1ccccc1CNCc1csc(C(=O)O)n1. The van der Waals surface area contributed by atoms with Gasteiger partial charge in [-0.2, -0.15) is 0 Å². The van der Waals surface area contributed by atoms with Crippen LogP contribution in [0.1, 0.15) is 21.1 Å². The molecule has 19 heavy (non-hydrogen) atoms. The van der Waals surface area contributed by atoms with Gasteiger partial charge in [-0.3, -0.25) is 0 Å². The summed E-state index contributed by atoms with van der Waals surface area (Å²) in [6.07, 6.45) is 0. The molecule has 0 fully saturated rings. The van der Waals surface area contributed by atoms with Crippen molar-refractivity contribution >= 4 is 17.3 Å². The number of hydrogen-bond acceptors (Lipinski definition) is 5. The van der Waals surface area contributed by atoms with Gasteiger partial charge in [-0.05, 0) is 6.07 Å². The maximum absolute atomic E-state index is 10.7. The molecule has 1 aromatic carbocycles. The van der Waals surface area contributed by atoms with E-state index < -0.39 is 5.97 Å². The summed E-state index contributed by atoms with van der Waals surface area (Å²) in [5, 5.41) is 13.9. The first-order valence-corrected chi connectivity index (χ1v) is 6.59. The van der Waals surface area contributed by atoms with Gasteiger partial charge in [-0.25, -0.2) is 9.78 Å². The number of rotatable bonds is 6. The molecular weight excluding hydrogens is 264 g/mol. The van der Waals surface area contributed by atoms with Crippen molar-refractivity contribution < 1.29 is 14.6 Å². The van der Waals surface area contributed by atoms with E-state index in [1.807, 2.05) is 24.3 Å². The van der Waals surface area contributed by atoms with E-state index in [0.29, 0.717) is 13.1 Å². The molecule has 2 N–H and O–H groups in total. The Bertz CT molecular complexity index is 569. The van der Waals surface area contributed by atoms with E-state index in [-0.39, 0.29) is 5.01 Å². The van der Waals surface area contributed by atoms with Gasteiger partial charge in [0, 0.05) is 24.0 Å². The van der Waals surface area contributed by atoms with Crippen molar-refractivity contribution in [3.63, 3.8) is 0 Å². The fourth-order valence-corrected chi connectivity index (χ4v) is 2.32. The standard InChI is InChI=1S/C13H14N2O3S/c1-18-11-5-3-2-4-9(11)6-14-7-10-8-19-12(15-10)13(16)17/h2-5,8,14H,6-7H2,1H3,(H,16,17). The van der Waals surface area contributed by atoms with E-state index >= 15 is 0 Å². The van der Waals surface area contributed by atoms with E-state index in [0.717, 1.165) is 28.3 Å². The van der Waals surface area contributed by atoms with E-state index in [4.69, 9.17) is 9.84 Å². The van der Waals surface area contributed by atoms with Crippen molar-refractivity contribution in [1.82, 2.24) is 10.3 Å². The summed E-state index contributed by atoms with van der Waals surface area (Å²) >= 11 is 1.14. The van der Waals surface area contributed by atoms with E-state index in [1.54, 1.807) is 12.5 Å². The molecule has 0 aliphatic heterocycles. The van der Waals surface area contributed by atoms with Gasteiger partial charge in [0.15, 0.2) is 0 Å². The molecule has 0 bridgehead atoms. The zero-order chi connectivity index (χ0) is 13.7. The molecule has 1 aromatic heterocycles. The van der Waals surface area contributed by atoms with Gasteiger partial charge < -0.3 is 15.2 Å². The van der Waals surface area contributed by atoms with Crippen LogP contribution >= 0.6 is 11.3 Å². The highest BCUT2D eigenvalue weighted by Gasteiger charge is 2.08. The van der Waals surface area contributed by atoms with Crippen LogP contribution in [-0.2, 0) is 13.1 Å². The second kappa shape index (κ2) is 6.31. The smallest absolute Gasteiger partial charge is 0.365 e. The Balaban J connectivity index is 1.90. The summed E-state index contributed by atoms with van der Waals surface area (Å²) in [6.45, 7) is 1.17. The molecule has 0 aliphatic carbocycles. The molecule has 6 heteroatoms. The Hall–Kier alpha value is -1.92. The highest BCUT2D eigenvalue weighted by Crippen LogP contribution is 2.17. The molecule has 100 valence electrons. The third-order valence-electron chi connectivity index (χ3n) is 2.55. The summed E-state index contributed by atoms with van der Waals surface area (Å²) in [4.78, 5) is 14.7. The van der Waals surface area contributed by atoms with Gasteiger partial charge in [-0.15, -0.1) is 11.3 Å². The quantitative estimate of drug-likeness (QED) is 0.847. The number of carbonyl (C=O) groups is 1. The number of nitrogens with one attached hydrogen (secondary N) is 1. The number of ether oxygens (including phenoxy) is 1. The first kappa shape index (κ1) is 13.5. The van der Waals surface area contributed by atoms with E-state index in [9.17, 15) is 4.79 Å². The van der Waals surface area contributed by atoms with Crippen LogP contribution in [0.25, 0.3) is 0 Å². The molecule has 0 radical (unpaired) electrons. The van der Waals surface area contributed by atoms with E-state index in [1.165, 1.54) is 0 Å². The lowest BCUT2D eigenvalue weighted by molar-refractivity contribution is 0.0696. The predicted octanol–water partition coefficient (Wildman–Crippen LogP) is 2.14. The minimum absolute atomic E-state index is 0.120. The second-order valence-corrected chi connectivity index (χ2v) is 4.72. The average Bonchev–Trinajstić information content (AvgIpc) is 2.88. The molecule has 0 spiro atoms. The number of aromatic nitrogens is 1. The summed E-state index contributed by atoms with van der Waals surface area (Å²) in [5.74, 6) is -0.152. The molecule has 0 saturated carbocycles. The zero-order valence-corrected chi connectivity index (χ0v) is 11.2. The van der Waals surface area contributed by atoms with Crippen LogP contribution in [0.15, 0.2) is 29.6 Å². The van der Waals surface area contributed by atoms with Crippen LogP contribution in [0.5, 0.6) is 5.75 Å². The fourth-order valence-electron chi connectivity index (χ4n) is 1.66. The topological polar surface area (TPSA) is 71.5 Å². The van der Waals surface area contributed by atoms with Crippen molar-refractivity contribution in [3.8, 4) is 5.75 Å². The molecule has 2 aromatic rings. The van der Waals surface area contributed by atoms with Crippen molar-refractivity contribution in [2.75, 3.05) is 7.11 Å². The number of nitrogens with zero attached hydrogens (tertiary/aromatic N) is 1. The molecular formula is C13H14N2O3S. The molecule has 0 atom stereocenters. The minimum atomic E-state index is -0.985. The Morgan fingerprint density at radius 3 is 2.89 bits per heavy atom. The summed E-state index contributed by atoms with van der Waals surface area (Å²) < 4.78 is 5.25. The van der Waals surface area contributed by atoms with Crippen LogP contribution in [0.4, 0.5) is 0 Å². The lowest BCUT2D eigenvalue weighted by atomic mass is 10.2. The lowest BCUT2D eigenvalue weighted by Gasteiger charge is -2.08. The molecule has 1 heterocycles. The first-order chi connectivity index (χ1) is 9.20. The average molecular weight is 278 g/mol. The van der Waals surface area contributed by atoms with Gasteiger partial charge in [0.2, 0.25) is 5.01 Å². The number of carboxylic acids is 1. The Morgan fingerprint density at radius 1 is 1.42 bits per heavy atom. The summed E-state index contributed by atoms with van der Waals surface area (Å²) in [6, 6.07) is 7.75. The van der Waals surface area contributed by atoms with Crippen LogP contribution in [-0.4, -0.2) is 23.2 Å². The molecule has 0 aliphatic rings. The number of para-hydroxylation sites is 1. The van der Waals surface area contributed by atoms with E-state index in [2.05, 4.69) is 10.3 Å². The number of aromatic carboxylic acids is 1. The van der Waals surface area contributed by atoms with Gasteiger partial charge in [0.05, 0.1) is 12.8 Å². The number of carboxylic acid groups (broad SMARTS) is 1. The zero-order valence-electron chi connectivity index (χ0n) is 10.4. The number of methoxy groups -OCH3 is 1. The monoisotopic (exact) mass is 278 g/mol. The molecule has 5 nitrogen and oxygen atoms in total. The summed E-state index contributed by atoms with van der Waals surface area (Å²) in [7, 11) is 1.64. The lowest BCUT2D eigenvalue weighted by Crippen LogP contribution is -2.13. The minimum Gasteiger partial charge on any atom is -0.496 e. The second-order valence-electron chi connectivity index (χ2n) is 3.86. The predicted molar refractivity (Wildman–Crippen MR) is 72.6 cm³/mol. The third-order valence-corrected chi connectivity index (χ3v) is 3.43. The first-order valence-electron chi connectivity index (χ1n) is 5.71. The van der Waals surface area contributed by atoms with Gasteiger partial charge in [0.25, 0.3) is 0 Å². The Labute approximate surface area is 114 Å². The van der Waals surface area contributed by atoms with Crippen LogP contribution < -0.4 is 10.1 Å². The molecule has 0 unspecified atom stereocenters. The molecule has 0 amide bonds. The Morgan fingerprint density at radius 2 is 2.21 bits per heavy atom. The van der Waals surface area contributed by atoms with Gasteiger partial charge in [-0.1, -0.05) is 18.2 Å². The number of hydrogen-bond donors (Lipinski definition) is 2. The number of benzene rings is 1. The van der Waals surface area contributed by atoms with Crippen LogP contribution in [0, 0.1) is 0 Å². The maximum atomic E-state index is 10.7. The van der Waals surface area contributed by atoms with Gasteiger partial charge >= 0.3 is 5.97 Å². The summed E-state index contributed by atoms with van der Waals surface area (Å²) in [5.41, 5.74) is 1.79. The van der Waals surface area contributed by atoms with Crippen molar-refractivity contribution in [2.45, 2.75) is 13.1 Å². The van der Waals surface area contributed by atoms with Crippen molar-refractivity contribution in [2.24, 2.45) is 0 Å². The Kier molecular flexibility index (Phi) is 4.48. The number of thiazole rings is 1.